The summed E-state index contributed by atoms with van der Waals surface area (Å²) >= 11 is 0. The molecule has 0 aliphatic carbocycles. The van der Waals surface area contributed by atoms with Crippen molar-refractivity contribution in [1.29, 1.82) is 0 Å². The van der Waals surface area contributed by atoms with Gasteiger partial charge in [0, 0.05) is 12.8 Å². The summed E-state index contributed by atoms with van der Waals surface area (Å²) in [6.07, 6.45) is 1.30. The van der Waals surface area contributed by atoms with E-state index in [2.05, 4.69) is 4.74 Å². The molecule has 0 amide bonds. The van der Waals surface area contributed by atoms with Crippen molar-refractivity contribution in [3.63, 3.8) is 0 Å². The predicted molar refractivity (Wildman–Crippen MR) is 70.0 cm³/mol. The molecule has 0 aromatic heterocycles. The lowest BCUT2D eigenvalue weighted by atomic mass is 9.97. The molecule has 6 heteroatoms. The summed E-state index contributed by atoms with van der Waals surface area (Å²) in [5.74, 6) is -4.27. The topological polar surface area (TPSA) is 77.5 Å². The fourth-order valence-corrected chi connectivity index (χ4v) is 1.34. The Morgan fingerprint density at radius 1 is 1.00 bits per heavy atom. The zero-order valence-electron chi connectivity index (χ0n) is 10.4. The van der Waals surface area contributed by atoms with E-state index in [1.807, 2.05) is 0 Å². The molecule has 0 heterocycles. The van der Waals surface area contributed by atoms with Gasteiger partial charge in [0.1, 0.15) is 0 Å². The third-order valence-corrected chi connectivity index (χ3v) is 2.13. The molecule has 0 aliphatic rings. The highest BCUT2D eigenvalue weighted by Gasteiger charge is 2.32. The van der Waals surface area contributed by atoms with E-state index in [0.717, 1.165) is 6.92 Å². The van der Waals surface area contributed by atoms with Crippen molar-refractivity contribution in [3.05, 3.63) is 0 Å². The van der Waals surface area contributed by atoms with Crippen molar-refractivity contribution < 1.29 is 23.9 Å². The molecule has 0 rings (SSSR count). The van der Waals surface area contributed by atoms with Crippen molar-refractivity contribution >= 4 is 40.9 Å². The summed E-state index contributed by atoms with van der Waals surface area (Å²) in [5.41, 5.74) is 0. The zero-order valence-corrected chi connectivity index (χ0v) is 10.4. The van der Waals surface area contributed by atoms with Crippen molar-refractivity contribution in [2.45, 2.75) is 46.5 Å². The second kappa shape index (κ2) is 9.98. The Labute approximate surface area is 117 Å². The van der Waals surface area contributed by atoms with Gasteiger partial charge in [0.25, 0.3) is 0 Å². The average molecular weight is 272 g/mol. The van der Waals surface area contributed by atoms with Gasteiger partial charge in [-0.3, -0.25) is 19.2 Å². The Morgan fingerprint density at radius 2 is 1.50 bits per heavy atom. The summed E-state index contributed by atoms with van der Waals surface area (Å²) in [6, 6.07) is 0. The molecule has 0 fully saturated rings. The van der Waals surface area contributed by atoms with E-state index in [4.69, 9.17) is 0 Å². The minimum absolute atomic E-state index is 0. The molecule has 0 aromatic rings. The van der Waals surface area contributed by atoms with E-state index >= 15 is 0 Å². The first-order valence-corrected chi connectivity index (χ1v) is 5.71. The number of carbonyl (C=O) groups is 4. The van der Waals surface area contributed by atoms with Crippen LogP contribution in [-0.2, 0) is 23.9 Å². The maximum atomic E-state index is 11.5. The van der Waals surface area contributed by atoms with Gasteiger partial charge in [-0.2, -0.15) is 0 Å². The molecule has 0 bridgehead atoms. The largest absolute Gasteiger partial charge is 0.392 e. The molecule has 1 unspecified atom stereocenters. The van der Waals surface area contributed by atoms with Gasteiger partial charge in [-0.25, -0.2) is 0 Å². The van der Waals surface area contributed by atoms with Gasteiger partial charge in [-0.1, -0.05) is 13.8 Å². The summed E-state index contributed by atoms with van der Waals surface area (Å²) < 4.78 is 4.46. The number of Topliss-reactive ketones (excluding diaryl/α,β-unsaturated/α-hetero) is 2. The van der Waals surface area contributed by atoms with Crippen molar-refractivity contribution in [3.8, 4) is 0 Å². The third-order valence-electron chi connectivity index (χ3n) is 2.13. The van der Waals surface area contributed by atoms with E-state index in [-0.39, 0.29) is 30.2 Å². The molecule has 0 radical (unpaired) electrons. The molecule has 0 saturated heterocycles. The Kier molecular flexibility index (Phi) is 10.7. The van der Waals surface area contributed by atoms with Crippen LogP contribution in [0.2, 0.25) is 0 Å². The molecule has 0 spiro atoms. The van der Waals surface area contributed by atoms with Gasteiger partial charge in [0.15, 0.2) is 34.8 Å². The highest BCUT2D eigenvalue weighted by atomic mass is 27.0. The molecule has 102 valence electrons. The highest BCUT2D eigenvalue weighted by molar-refractivity contribution is 6.17. The van der Waals surface area contributed by atoms with Crippen molar-refractivity contribution in [2.75, 3.05) is 0 Å². The van der Waals surface area contributed by atoms with E-state index in [1.54, 1.807) is 13.8 Å². The van der Waals surface area contributed by atoms with Crippen LogP contribution in [0.4, 0.5) is 0 Å². The smallest absolute Gasteiger partial charge is 0.331 e. The average Bonchev–Trinajstić information content (AvgIpc) is 2.17. The molecular weight excluding hydrogens is 251 g/mol. The number of hydrogen-bond donors (Lipinski definition) is 0. The maximum Gasteiger partial charge on any atom is 0.331 e. The summed E-state index contributed by atoms with van der Waals surface area (Å²) in [5, 5.41) is 0. The van der Waals surface area contributed by atoms with Gasteiger partial charge in [-0.05, 0) is 19.8 Å². The normalized spacial score (nSPS) is 11.1. The second-order valence-electron chi connectivity index (χ2n) is 3.80. The van der Waals surface area contributed by atoms with E-state index in [1.165, 1.54) is 0 Å². The Balaban J connectivity index is 0. The van der Waals surface area contributed by atoms with Crippen LogP contribution in [-0.4, -0.2) is 40.9 Å². The quantitative estimate of drug-likeness (QED) is 0.377. The number of ketones is 2. The van der Waals surface area contributed by atoms with Gasteiger partial charge in [0.2, 0.25) is 0 Å². The Bertz CT molecular complexity index is 324. The third kappa shape index (κ3) is 6.68. The minimum atomic E-state index is -1.45. The van der Waals surface area contributed by atoms with Crippen LogP contribution in [0.25, 0.3) is 0 Å². The Morgan fingerprint density at radius 3 is 1.89 bits per heavy atom. The number of rotatable bonds is 7. The molecule has 5 nitrogen and oxygen atoms in total. The van der Waals surface area contributed by atoms with Crippen LogP contribution in [0.15, 0.2) is 0 Å². The van der Waals surface area contributed by atoms with Crippen molar-refractivity contribution in [1.82, 2.24) is 0 Å². The zero-order chi connectivity index (χ0) is 13.4. The van der Waals surface area contributed by atoms with Crippen molar-refractivity contribution in [2.24, 2.45) is 5.92 Å². The van der Waals surface area contributed by atoms with Crippen LogP contribution in [0, 0.1) is 5.92 Å². The fraction of sp³-hybridized carbons (Fsp3) is 0.667. The van der Waals surface area contributed by atoms with E-state index in [0.29, 0.717) is 12.8 Å². The molecule has 0 aromatic carbocycles. The molecule has 18 heavy (non-hydrogen) atoms. The molecule has 0 aliphatic heterocycles. The van der Waals surface area contributed by atoms with Gasteiger partial charge in [0.05, 0.1) is 0 Å². The summed E-state index contributed by atoms with van der Waals surface area (Å²) in [6.45, 7) is 4.67. The van der Waals surface area contributed by atoms with Crippen LogP contribution < -0.4 is 0 Å². The fourth-order valence-electron chi connectivity index (χ4n) is 1.34. The SMILES string of the molecule is CCCC(=O)OC(=O)C(C(C)=O)C(=O)CCC.[AlH3]. The first kappa shape index (κ1) is 19.4. The number of carbonyl (C=O) groups excluding carboxylic acids is 4. The van der Waals surface area contributed by atoms with E-state index < -0.39 is 29.4 Å². The standard InChI is InChI=1S/C12H18O5.Al.3H/c1-4-6-9(14)11(8(3)13)12(16)17-10(15)7-5-2;;;;/h11H,4-7H2,1-3H3;;;;. The lowest BCUT2D eigenvalue weighted by Gasteiger charge is -2.10. The lowest BCUT2D eigenvalue weighted by Crippen LogP contribution is -2.33. The first-order valence-electron chi connectivity index (χ1n) is 5.71. The monoisotopic (exact) mass is 272 g/mol. The molecular formula is C12H21AlO5. The number of esters is 2. The van der Waals surface area contributed by atoms with Gasteiger partial charge in [-0.15, -0.1) is 0 Å². The molecule has 0 N–H and O–H groups in total. The lowest BCUT2D eigenvalue weighted by molar-refractivity contribution is -0.164. The van der Waals surface area contributed by atoms with Crippen LogP contribution in [0.1, 0.15) is 46.5 Å². The molecule has 1 atom stereocenters. The van der Waals surface area contributed by atoms with Crippen LogP contribution >= 0.6 is 0 Å². The van der Waals surface area contributed by atoms with Crippen LogP contribution in [0.5, 0.6) is 0 Å². The highest BCUT2D eigenvalue weighted by Crippen LogP contribution is 2.09. The summed E-state index contributed by atoms with van der Waals surface area (Å²) in [4.78, 5) is 45.3. The van der Waals surface area contributed by atoms with E-state index in [9.17, 15) is 19.2 Å². The molecule has 0 saturated carbocycles. The second-order valence-corrected chi connectivity index (χ2v) is 3.80. The summed E-state index contributed by atoms with van der Waals surface area (Å²) in [7, 11) is 0. The predicted octanol–water partition coefficient (Wildman–Crippen LogP) is 0.247. The van der Waals surface area contributed by atoms with Crippen LogP contribution in [0.3, 0.4) is 0 Å². The van der Waals surface area contributed by atoms with Gasteiger partial charge >= 0.3 is 11.9 Å². The number of hydrogen-bond acceptors (Lipinski definition) is 5. The maximum absolute atomic E-state index is 11.5. The minimum Gasteiger partial charge on any atom is -0.392 e. The Hall–Kier alpha value is -0.988. The van der Waals surface area contributed by atoms with Gasteiger partial charge < -0.3 is 4.74 Å². The number of ether oxygens (including phenoxy) is 1. The first-order chi connectivity index (χ1) is 7.93.